The normalized spacial score (nSPS) is 11.1. The first kappa shape index (κ1) is 18.0. The van der Waals surface area contributed by atoms with Gasteiger partial charge in [-0.1, -0.05) is 18.2 Å². The molecule has 0 aromatic heterocycles. The second kappa shape index (κ2) is 7.49. The van der Waals surface area contributed by atoms with Gasteiger partial charge in [0, 0.05) is 37.6 Å². The molecule has 2 aromatic rings. The molecule has 0 fully saturated rings. The minimum absolute atomic E-state index is 0.203. The van der Waals surface area contributed by atoms with Crippen LogP contribution in [0.1, 0.15) is 22.8 Å². The Labute approximate surface area is 143 Å². The van der Waals surface area contributed by atoms with Gasteiger partial charge in [-0.05, 0) is 42.8 Å². The van der Waals surface area contributed by atoms with Gasteiger partial charge in [-0.2, -0.15) is 0 Å². The van der Waals surface area contributed by atoms with Crippen LogP contribution in [0.5, 0.6) is 0 Å². The fourth-order valence-electron chi connectivity index (χ4n) is 2.33. The molecule has 0 bridgehead atoms. The third kappa shape index (κ3) is 4.35. The Morgan fingerprint density at radius 1 is 1.08 bits per heavy atom. The van der Waals surface area contributed by atoms with Crippen molar-refractivity contribution in [3.05, 3.63) is 59.7 Å². The first-order valence-corrected chi connectivity index (χ1v) is 9.59. The molecule has 2 aromatic carbocycles. The molecule has 24 heavy (non-hydrogen) atoms. The average Bonchev–Trinajstić information content (AvgIpc) is 2.58. The van der Waals surface area contributed by atoms with E-state index in [2.05, 4.69) is 17.1 Å². The Morgan fingerprint density at radius 2 is 1.71 bits per heavy atom. The van der Waals surface area contributed by atoms with Crippen molar-refractivity contribution in [3.8, 4) is 0 Å². The first-order valence-electron chi connectivity index (χ1n) is 7.70. The van der Waals surface area contributed by atoms with E-state index in [1.807, 2.05) is 31.3 Å². The summed E-state index contributed by atoms with van der Waals surface area (Å²) >= 11 is 0. The van der Waals surface area contributed by atoms with Crippen molar-refractivity contribution < 1.29 is 13.2 Å². The molecule has 0 saturated heterocycles. The van der Waals surface area contributed by atoms with Crippen LogP contribution in [0, 0.1) is 0 Å². The number of benzene rings is 2. The summed E-state index contributed by atoms with van der Waals surface area (Å²) in [5.41, 5.74) is 2.54. The fourth-order valence-corrected chi connectivity index (χ4v) is 2.96. The summed E-state index contributed by atoms with van der Waals surface area (Å²) in [5.74, 6) is -0.232. The molecule has 6 heteroatoms. The highest BCUT2D eigenvalue weighted by Crippen LogP contribution is 2.19. The average molecular weight is 346 g/mol. The lowest BCUT2D eigenvalue weighted by Crippen LogP contribution is -2.25. The number of anilines is 1. The summed E-state index contributed by atoms with van der Waals surface area (Å²) in [4.78, 5) is 14.6. The topological polar surface area (TPSA) is 66.5 Å². The van der Waals surface area contributed by atoms with Gasteiger partial charge in [-0.25, -0.2) is 8.42 Å². The van der Waals surface area contributed by atoms with Gasteiger partial charge >= 0.3 is 0 Å². The monoisotopic (exact) mass is 346 g/mol. The van der Waals surface area contributed by atoms with E-state index >= 15 is 0 Å². The van der Waals surface area contributed by atoms with Crippen LogP contribution in [0.25, 0.3) is 0 Å². The third-order valence-corrected chi connectivity index (χ3v) is 4.99. The number of rotatable bonds is 6. The number of amides is 1. The molecule has 0 spiro atoms. The molecule has 1 N–H and O–H groups in total. The summed E-state index contributed by atoms with van der Waals surface area (Å²) in [7, 11) is -1.25. The summed E-state index contributed by atoms with van der Waals surface area (Å²) in [6.07, 6.45) is 1.14. The molecule has 0 radical (unpaired) electrons. The molecule has 0 saturated carbocycles. The van der Waals surface area contributed by atoms with Crippen molar-refractivity contribution in [2.24, 2.45) is 0 Å². The van der Waals surface area contributed by atoms with Crippen LogP contribution in [0.3, 0.4) is 0 Å². The second-order valence-corrected chi connectivity index (χ2v) is 7.64. The number of nitrogens with one attached hydrogen (secondary N) is 1. The van der Waals surface area contributed by atoms with Crippen LogP contribution in [0.2, 0.25) is 0 Å². The smallest absolute Gasteiger partial charge is 0.251 e. The number of carbonyl (C=O) groups is 1. The van der Waals surface area contributed by atoms with Crippen LogP contribution in [-0.4, -0.2) is 34.2 Å². The van der Waals surface area contributed by atoms with E-state index in [0.29, 0.717) is 12.1 Å². The van der Waals surface area contributed by atoms with Crippen LogP contribution >= 0.6 is 0 Å². The van der Waals surface area contributed by atoms with E-state index in [9.17, 15) is 13.2 Å². The summed E-state index contributed by atoms with van der Waals surface area (Å²) in [6.45, 7) is 3.35. The Balaban J connectivity index is 2.09. The molecule has 1 amide bonds. The van der Waals surface area contributed by atoms with E-state index in [0.717, 1.165) is 24.1 Å². The first-order chi connectivity index (χ1) is 11.3. The molecule has 5 nitrogen and oxygen atoms in total. The Hall–Kier alpha value is -2.34. The second-order valence-electron chi connectivity index (χ2n) is 5.62. The lowest BCUT2D eigenvalue weighted by Gasteiger charge is -2.20. The highest BCUT2D eigenvalue weighted by Gasteiger charge is 2.11. The predicted octanol–water partition coefficient (Wildman–Crippen LogP) is 2.48. The Bertz CT molecular complexity index is 814. The SMILES string of the molecule is CCN(C)c1ccccc1CNC(=O)c1ccc(S(C)(=O)=O)cc1. The van der Waals surface area contributed by atoms with Gasteiger partial charge in [0.2, 0.25) is 0 Å². The zero-order valence-corrected chi connectivity index (χ0v) is 14.9. The largest absolute Gasteiger partial charge is 0.375 e. The minimum atomic E-state index is -3.26. The predicted molar refractivity (Wildman–Crippen MR) is 96.1 cm³/mol. The Morgan fingerprint density at radius 3 is 2.29 bits per heavy atom. The molecular weight excluding hydrogens is 324 g/mol. The minimum Gasteiger partial charge on any atom is -0.375 e. The highest BCUT2D eigenvalue weighted by atomic mass is 32.2. The van der Waals surface area contributed by atoms with Gasteiger partial charge in [0.15, 0.2) is 9.84 Å². The van der Waals surface area contributed by atoms with Crippen molar-refractivity contribution in [3.63, 3.8) is 0 Å². The lowest BCUT2D eigenvalue weighted by molar-refractivity contribution is 0.0951. The van der Waals surface area contributed by atoms with Crippen molar-refractivity contribution in [1.29, 1.82) is 0 Å². The third-order valence-electron chi connectivity index (χ3n) is 3.86. The van der Waals surface area contributed by atoms with E-state index < -0.39 is 9.84 Å². The summed E-state index contributed by atoms with van der Waals surface area (Å²) in [6, 6.07) is 13.9. The van der Waals surface area contributed by atoms with Gasteiger partial charge in [-0.3, -0.25) is 4.79 Å². The zero-order chi connectivity index (χ0) is 17.7. The molecule has 0 heterocycles. The summed E-state index contributed by atoms with van der Waals surface area (Å²) < 4.78 is 22.9. The van der Waals surface area contributed by atoms with E-state index in [4.69, 9.17) is 0 Å². The van der Waals surface area contributed by atoms with Crippen molar-refractivity contribution in [2.75, 3.05) is 24.7 Å². The van der Waals surface area contributed by atoms with Gasteiger partial charge in [0.25, 0.3) is 5.91 Å². The number of para-hydroxylation sites is 1. The maximum Gasteiger partial charge on any atom is 0.251 e. The van der Waals surface area contributed by atoms with E-state index in [1.165, 1.54) is 24.3 Å². The molecule has 0 aliphatic carbocycles. The van der Waals surface area contributed by atoms with Crippen LogP contribution < -0.4 is 10.2 Å². The van der Waals surface area contributed by atoms with Gasteiger partial charge in [-0.15, -0.1) is 0 Å². The van der Waals surface area contributed by atoms with Crippen LogP contribution in [0.15, 0.2) is 53.4 Å². The lowest BCUT2D eigenvalue weighted by atomic mass is 10.1. The molecule has 0 atom stereocenters. The van der Waals surface area contributed by atoms with Gasteiger partial charge in [0.1, 0.15) is 0 Å². The molecule has 0 unspecified atom stereocenters. The van der Waals surface area contributed by atoms with Gasteiger partial charge < -0.3 is 10.2 Å². The maximum absolute atomic E-state index is 12.3. The van der Waals surface area contributed by atoms with Crippen LogP contribution in [0.4, 0.5) is 5.69 Å². The molecule has 2 rings (SSSR count). The number of hydrogen-bond acceptors (Lipinski definition) is 4. The number of sulfone groups is 1. The number of hydrogen-bond donors (Lipinski definition) is 1. The van der Waals surface area contributed by atoms with E-state index in [1.54, 1.807) is 0 Å². The zero-order valence-electron chi connectivity index (χ0n) is 14.1. The van der Waals surface area contributed by atoms with Gasteiger partial charge in [0.05, 0.1) is 4.90 Å². The van der Waals surface area contributed by atoms with Crippen molar-refractivity contribution >= 4 is 21.4 Å². The molecule has 128 valence electrons. The van der Waals surface area contributed by atoms with Crippen LogP contribution in [-0.2, 0) is 16.4 Å². The highest BCUT2D eigenvalue weighted by molar-refractivity contribution is 7.90. The molecule has 0 aliphatic heterocycles. The molecule has 0 aliphatic rings. The standard InChI is InChI=1S/C18H22N2O3S/c1-4-20(2)17-8-6-5-7-15(17)13-19-18(21)14-9-11-16(12-10-14)24(3,22)23/h5-12H,4,13H2,1-3H3,(H,19,21). The maximum atomic E-state index is 12.3. The number of nitrogens with zero attached hydrogens (tertiary/aromatic N) is 1. The van der Waals surface area contributed by atoms with Crippen molar-refractivity contribution in [2.45, 2.75) is 18.4 Å². The van der Waals surface area contributed by atoms with E-state index in [-0.39, 0.29) is 10.8 Å². The number of carbonyl (C=O) groups excluding carboxylic acids is 1. The molecular formula is C18H22N2O3S. The Kier molecular flexibility index (Phi) is 5.62. The summed E-state index contributed by atoms with van der Waals surface area (Å²) in [5, 5.41) is 2.88. The quantitative estimate of drug-likeness (QED) is 0.873. The van der Waals surface area contributed by atoms with Crippen molar-refractivity contribution in [1.82, 2.24) is 5.32 Å². The fraction of sp³-hybridized carbons (Fsp3) is 0.278.